The highest BCUT2D eigenvalue weighted by Crippen LogP contribution is 2.36. The van der Waals surface area contributed by atoms with E-state index < -0.39 is 48.0 Å². The van der Waals surface area contributed by atoms with Crippen LogP contribution in [0.1, 0.15) is 93.1 Å². The Hall–Kier alpha value is -5.42. The number of carbonyl (C=O) groups excluding carboxylic acids is 4. The molecule has 2 aliphatic rings. The minimum absolute atomic E-state index is 0.0971. The van der Waals surface area contributed by atoms with Crippen LogP contribution in [0.2, 0.25) is 10.0 Å². The second-order valence-corrected chi connectivity index (χ2v) is 21.1. The van der Waals surface area contributed by atoms with Crippen LogP contribution in [0.25, 0.3) is 11.1 Å². The first-order valence-corrected chi connectivity index (χ1v) is 25.9. The maximum atomic E-state index is 13.2. The van der Waals surface area contributed by atoms with E-state index in [1.807, 2.05) is 24.3 Å². The largest absolute Gasteiger partial charge is 0.380 e. The molecule has 2 saturated heterocycles. The molecule has 0 saturated carbocycles. The predicted octanol–water partition coefficient (Wildman–Crippen LogP) is 7.97. The van der Waals surface area contributed by atoms with Gasteiger partial charge in [-0.15, -0.1) is 22.7 Å². The van der Waals surface area contributed by atoms with Gasteiger partial charge in [0.25, 0.3) is 23.6 Å². The van der Waals surface area contributed by atoms with Crippen LogP contribution in [-0.4, -0.2) is 97.9 Å². The van der Waals surface area contributed by atoms with Crippen molar-refractivity contribution in [3.8, 4) is 11.1 Å². The number of hydrogen-bond donors (Lipinski definition) is 6. The molecule has 366 valence electrons. The smallest absolute Gasteiger partial charge is 0.255 e. The van der Waals surface area contributed by atoms with Crippen LogP contribution >= 0.6 is 45.9 Å². The third kappa shape index (κ3) is 12.2. The Morgan fingerprint density at radius 1 is 0.629 bits per heavy atom. The van der Waals surface area contributed by atoms with E-state index in [1.165, 1.54) is 21.1 Å². The lowest BCUT2D eigenvalue weighted by atomic mass is 9.92. The molecule has 1 unspecified atom stereocenters. The van der Waals surface area contributed by atoms with Crippen molar-refractivity contribution in [2.24, 2.45) is 0 Å². The highest BCUT2D eigenvalue weighted by molar-refractivity contribution is 7.12. The Balaban J connectivity index is 0.781. The number of likely N-dealkylation sites (tertiary alicyclic amines) is 2. The fourth-order valence-corrected chi connectivity index (χ4v) is 11.7. The third-order valence-electron chi connectivity index (χ3n) is 13.2. The van der Waals surface area contributed by atoms with Gasteiger partial charge in [-0.05, 0) is 119 Å². The number of benzene rings is 4. The number of halogens is 2. The van der Waals surface area contributed by atoms with Crippen LogP contribution in [0, 0.1) is 0 Å². The van der Waals surface area contributed by atoms with Gasteiger partial charge in [0.1, 0.15) is 0 Å². The van der Waals surface area contributed by atoms with E-state index in [-0.39, 0.29) is 31.1 Å². The van der Waals surface area contributed by atoms with E-state index in [9.17, 15) is 39.6 Å². The number of nitrogens with one attached hydrogen (secondary N) is 2. The van der Waals surface area contributed by atoms with Crippen LogP contribution in [-0.2, 0) is 38.6 Å². The molecule has 0 aliphatic carbocycles. The quantitative estimate of drug-likeness (QED) is 0.0502. The number of amides is 4. The lowest BCUT2D eigenvalue weighted by Gasteiger charge is -2.28. The van der Waals surface area contributed by atoms with Crippen molar-refractivity contribution in [1.82, 2.24) is 20.4 Å². The van der Waals surface area contributed by atoms with E-state index >= 15 is 0 Å². The number of aliphatic hydroxyl groups excluding tert-OH is 4. The van der Waals surface area contributed by atoms with E-state index in [2.05, 4.69) is 77.5 Å². The SMILES string of the molecule is CC(c1cccc(-c2ccc(Cc3ccc(CNC(=O)[C@H](O)[C@@H](O)C(=O)N4CCC[C@@H]4c4cccc(Cl)c4)s3)cc2)c1)c1csc(CCNC(=O)[C@H](O)[C@@H](O)C(=O)N2CCC[C@@H]2c2cccc(Cl)c2)c1. The molecule has 0 bridgehead atoms. The Labute approximate surface area is 425 Å². The standard InChI is InChI=1S/C54H56Cl2N4O8S2/c1-32(39-29-42(69-31-39)21-22-57-51(65)47(61)49(63)53(67)59-23-5-13-45(59)37-9-3-11-40(55)27-37)35-7-2-8-36(26-35)34-17-15-33(16-18-34)25-43-19-20-44(70-43)30-58-52(66)48(62)50(64)54(68)60-24-6-14-46(60)38-10-4-12-41(56)28-38/h2-4,7-12,15-20,26-29,31-32,45-50,61-64H,5-6,13-14,21-25,30H2,1H3,(H,57,65)(H,58,66)/t32?,45-,46-,47-,48-,49-,50-/m1/s1. The molecule has 7 atom stereocenters. The Morgan fingerprint density at radius 3 is 1.80 bits per heavy atom. The molecular formula is C54H56Cl2N4O8S2. The van der Waals surface area contributed by atoms with Gasteiger partial charge in [0.05, 0.1) is 18.6 Å². The minimum atomic E-state index is -1.92. The van der Waals surface area contributed by atoms with Gasteiger partial charge in [0, 0.05) is 56.6 Å². The van der Waals surface area contributed by atoms with Gasteiger partial charge < -0.3 is 40.9 Å². The van der Waals surface area contributed by atoms with Crippen LogP contribution < -0.4 is 10.6 Å². The van der Waals surface area contributed by atoms with Crippen molar-refractivity contribution >= 4 is 69.5 Å². The highest BCUT2D eigenvalue weighted by Gasteiger charge is 2.40. The Bertz CT molecular complexity index is 2800. The molecule has 8 rings (SSSR count). The zero-order chi connectivity index (χ0) is 49.5. The third-order valence-corrected chi connectivity index (χ3v) is 15.8. The number of thiophene rings is 2. The molecular weight excluding hydrogens is 968 g/mol. The summed E-state index contributed by atoms with van der Waals surface area (Å²) in [5.74, 6) is -2.91. The first-order chi connectivity index (χ1) is 33.7. The second kappa shape index (κ2) is 23.2. The molecule has 6 N–H and O–H groups in total. The first-order valence-electron chi connectivity index (χ1n) is 23.5. The summed E-state index contributed by atoms with van der Waals surface area (Å²) in [6.07, 6.45) is -3.55. The van der Waals surface area contributed by atoms with E-state index in [0.29, 0.717) is 48.8 Å². The molecule has 0 spiro atoms. The average Bonchev–Trinajstić information content (AvgIpc) is 4.23. The number of aliphatic hydroxyl groups is 4. The molecule has 6 aromatic rings. The zero-order valence-corrected chi connectivity index (χ0v) is 41.7. The molecule has 0 radical (unpaired) electrons. The van der Waals surface area contributed by atoms with Gasteiger partial charge >= 0.3 is 0 Å². The summed E-state index contributed by atoms with van der Waals surface area (Å²) in [5, 5.41) is 51.4. The summed E-state index contributed by atoms with van der Waals surface area (Å²) >= 11 is 15.5. The predicted molar refractivity (Wildman–Crippen MR) is 274 cm³/mol. The molecule has 16 heteroatoms. The maximum absolute atomic E-state index is 13.2. The van der Waals surface area contributed by atoms with Gasteiger partial charge in [-0.25, -0.2) is 0 Å². The minimum Gasteiger partial charge on any atom is -0.380 e. The average molecular weight is 1020 g/mol. The molecule has 4 amide bonds. The highest BCUT2D eigenvalue weighted by atomic mass is 35.5. The fraction of sp³-hybridized carbons (Fsp3) is 0.333. The lowest BCUT2D eigenvalue weighted by molar-refractivity contribution is -0.153. The normalized spacial score (nSPS) is 18.0. The summed E-state index contributed by atoms with van der Waals surface area (Å²) in [5.41, 5.74) is 7.26. The van der Waals surface area contributed by atoms with Crippen molar-refractivity contribution in [2.75, 3.05) is 19.6 Å². The summed E-state index contributed by atoms with van der Waals surface area (Å²) < 4.78 is 0. The van der Waals surface area contributed by atoms with Crippen molar-refractivity contribution in [2.45, 2.75) is 94.4 Å². The van der Waals surface area contributed by atoms with Crippen LogP contribution in [0.5, 0.6) is 0 Å². The molecule has 70 heavy (non-hydrogen) atoms. The number of rotatable bonds is 18. The summed E-state index contributed by atoms with van der Waals surface area (Å²) in [4.78, 5) is 58.2. The maximum Gasteiger partial charge on any atom is 0.255 e. The van der Waals surface area contributed by atoms with Crippen molar-refractivity contribution in [3.63, 3.8) is 0 Å². The van der Waals surface area contributed by atoms with Gasteiger partial charge in [-0.2, -0.15) is 0 Å². The van der Waals surface area contributed by atoms with Crippen molar-refractivity contribution in [3.05, 3.63) is 173 Å². The van der Waals surface area contributed by atoms with Crippen LogP contribution in [0.4, 0.5) is 0 Å². The molecule has 2 aliphatic heterocycles. The Kier molecular flexibility index (Phi) is 16.9. The van der Waals surface area contributed by atoms with Gasteiger partial charge in [0.2, 0.25) is 0 Å². The second-order valence-electron chi connectivity index (χ2n) is 18.0. The molecule has 12 nitrogen and oxygen atoms in total. The molecule has 2 fully saturated rings. The Morgan fingerprint density at radius 2 is 1.20 bits per heavy atom. The van der Waals surface area contributed by atoms with Gasteiger partial charge in [-0.1, -0.05) is 103 Å². The number of nitrogens with zero attached hydrogens (tertiary/aromatic N) is 2. The number of carbonyl (C=O) groups is 4. The van der Waals surface area contributed by atoms with Gasteiger partial charge in [0.15, 0.2) is 24.4 Å². The summed E-state index contributed by atoms with van der Waals surface area (Å²) in [6, 6.07) is 36.7. The molecule has 4 heterocycles. The topological polar surface area (TPSA) is 180 Å². The fourth-order valence-electron chi connectivity index (χ4n) is 9.34. The summed E-state index contributed by atoms with van der Waals surface area (Å²) in [6.45, 7) is 3.34. The lowest BCUT2D eigenvalue weighted by Crippen LogP contribution is -2.50. The van der Waals surface area contributed by atoms with E-state index in [4.69, 9.17) is 23.2 Å². The zero-order valence-electron chi connectivity index (χ0n) is 38.5. The van der Waals surface area contributed by atoms with Crippen LogP contribution in [0.15, 0.2) is 121 Å². The molecule has 4 aromatic carbocycles. The van der Waals surface area contributed by atoms with Crippen molar-refractivity contribution < 1.29 is 39.6 Å². The monoisotopic (exact) mass is 1020 g/mol. The van der Waals surface area contributed by atoms with Gasteiger partial charge in [-0.3, -0.25) is 19.2 Å². The van der Waals surface area contributed by atoms with E-state index in [0.717, 1.165) is 66.4 Å². The van der Waals surface area contributed by atoms with E-state index in [1.54, 1.807) is 47.7 Å². The molecule has 2 aromatic heterocycles. The number of hydrogen-bond acceptors (Lipinski definition) is 10. The van der Waals surface area contributed by atoms with Crippen molar-refractivity contribution in [1.29, 1.82) is 0 Å². The van der Waals surface area contributed by atoms with Crippen LogP contribution in [0.3, 0.4) is 0 Å². The summed E-state index contributed by atoms with van der Waals surface area (Å²) in [7, 11) is 0. The first kappa shape index (κ1) is 51.0.